The molecule has 0 aliphatic carbocycles. The number of hydrogen-bond acceptors (Lipinski definition) is 5. The summed E-state index contributed by atoms with van der Waals surface area (Å²) in [7, 11) is 1.57. The SMILES string of the molecule is COc1cccc2[nH]c(C(=O)N3C[C@H](C(C)(C)C)CC3C(=O)N[C@@H](C[C@@H]3CCNC3=O)C(N)=O)cc12. The maximum atomic E-state index is 13.7. The molecule has 3 heterocycles. The van der Waals surface area contributed by atoms with Crippen molar-refractivity contribution in [3.8, 4) is 5.75 Å². The van der Waals surface area contributed by atoms with E-state index in [2.05, 4.69) is 36.4 Å². The third-order valence-corrected chi connectivity index (χ3v) is 7.51. The average molecular weight is 498 g/mol. The highest BCUT2D eigenvalue weighted by molar-refractivity contribution is 6.02. The van der Waals surface area contributed by atoms with Crippen molar-refractivity contribution < 1.29 is 23.9 Å². The Morgan fingerprint density at radius 2 is 2.03 bits per heavy atom. The molecule has 4 rings (SSSR count). The molecule has 0 saturated carbocycles. The van der Waals surface area contributed by atoms with E-state index < -0.39 is 23.9 Å². The fourth-order valence-electron chi connectivity index (χ4n) is 5.18. The van der Waals surface area contributed by atoms with Gasteiger partial charge >= 0.3 is 0 Å². The molecule has 10 nitrogen and oxygen atoms in total. The highest BCUT2D eigenvalue weighted by atomic mass is 16.5. The second-order valence-corrected chi connectivity index (χ2v) is 10.9. The number of rotatable bonds is 7. The lowest BCUT2D eigenvalue weighted by molar-refractivity contribution is -0.131. The molecule has 2 aromatic rings. The van der Waals surface area contributed by atoms with Gasteiger partial charge in [0.2, 0.25) is 17.7 Å². The molecule has 4 atom stereocenters. The molecule has 0 spiro atoms. The van der Waals surface area contributed by atoms with E-state index in [4.69, 9.17) is 10.5 Å². The van der Waals surface area contributed by atoms with Crippen LogP contribution in [0.5, 0.6) is 5.75 Å². The van der Waals surface area contributed by atoms with E-state index in [0.717, 1.165) is 10.9 Å². The van der Waals surface area contributed by atoms with Crippen LogP contribution in [-0.2, 0) is 14.4 Å². The second-order valence-electron chi connectivity index (χ2n) is 10.9. The Balaban J connectivity index is 1.58. The molecule has 2 fully saturated rings. The molecular formula is C26H35N5O5. The molecule has 36 heavy (non-hydrogen) atoms. The van der Waals surface area contributed by atoms with Crippen LogP contribution in [-0.4, -0.2) is 65.8 Å². The van der Waals surface area contributed by atoms with Crippen molar-refractivity contribution in [2.45, 2.75) is 52.1 Å². The Hall–Kier alpha value is -3.56. The molecule has 2 aliphatic heterocycles. The van der Waals surface area contributed by atoms with Gasteiger partial charge in [-0.2, -0.15) is 0 Å². The largest absolute Gasteiger partial charge is 0.496 e. The molecule has 1 aromatic carbocycles. The fourth-order valence-corrected chi connectivity index (χ4v) is 5.18. The third-order valence-electron chi connectivity index (χ3n) is 7.51. The molecule has 5 N–H and O–H groups in total. The summed E-state index contributed by atoms with van der Waals surface area (Å²) in [6.07, 6.45) is 1.18. The van der Waals surface area contributed by atoms with E-state index in [1.165, 1.54) is 0 Å². The van der Waals surface area contributed by atoms with E-state index in [1.807, 2.05) is 18.2 Å². The number of hydrogen-bond donors (Lipinski definition) is 4. The minimum absolute atomic E-state index is 0.0729. The first-order valence-electron chi connectivity index (χ1n) is 12.3. The second kappa shape index (κ2) is 9.83. The first-order valence-corrected chi connectivity index (χ1v) is 12.3. The number of aromatic nitrogens is 1. The van der Waals surface area contributed by atoms with Gasteiger partial charge in [0.1, 0.15) is 23.5 Å². The van der Waals surface area contributed by atoms with Crippen molar-refractivity contribution in [1.29, 1.82) is 0 Å². The van der Waals surface area contributed by atoms with Crippen molar-refractivity contribution in [3.63, 3.8) is 0 Å². The fraction of sp³-hybridized carbons (Fsp3) is 0.538. The van der Waals surface area contributed by atoms with Crippen molar-refractivity contribution in [1.82, 2.24) is 20.5 Å². The monoisotopic (exact) mass is 497 g/mol. The topological polar surface area (TPSA) is 147 Å². The summed E-state index contributed by atoms with van der Waals surface area (Å²) in [4.78, 5) is 56.0. The van der Waals surface area contributed by atoms with Crippen LogP contribution in [0.4, 0.5) is 0 Å². The van der Waals surface area contributed by atoms with Crippen molar-refractivity contribution in [2.75, 3.05) is 20.2 Å². The van der Waals surface area contributed by atoms with Crippen molar-refractivity contribution >= 4 is 34.5 Å². The standard InChI is InChI=1S/C26H35N5O5/c1-26(2,3)15-11-20(24(34)30-18(22(27)32)10-14-8-9-28-23(14)33)31(13-15)25(35)19-12-16-17(29-19)6-5-7-21(16)36-4/h5-7,12,14-15,18,20,29H,8-11,13H2,1-4H3,(H2,27,32)(H,28,33)(H,30,34)/t14-,15+,18-,20?/m0/s1. The zero-order chi connectivity index (χ0) is 26.2. The molecule has 1 aromatic heterocycles. The van der Waals surface area contributed by atoms with Gasteiger partial charge < -0.3 is 31.0 Å². The minimum atomic E-state index is -0.991. The zero-order valence-electron chi connectivity index (χ0n) is 21.2. The van der Waals surface area contributed by atoms with Gasteiger partial charge in [0.25, 0.3) is 5.91 Å². The van der Waals surface area contributed by atoms with Gasteiger partial charge in [-0.3, -0.25) is 19.2 Å². The number of primary amides is 1. The minimum Gasteiger partial charge on any atom is -0.496 e. The number of nitrogens with one attached hydrogen (secondary N) is 3. The van der Waals surface area contributed by atoms with Crippen LogP contribution in [0.25, 0.3) is 10.9 Å². The lowest BCUT2D eigenvalue weighted by atomic mass is 9.79. The van der Waals surface area contributed by atoms with Crippen LogP contribution >= 0.6 is 0 Å². The number of carbonyl (C=O) groups excluding carboxylic acids is 4. The van der Waals surface area contributed by atoms with Crippen molar-refractivity contribution in [2.24, 2.45) is 23.0 Å². The Bertz CT molecular complexity index is 1180. The molecule has 194 valence electrons. The average Bonchev–Trinajstić information content (AvgIpc) is 3.55. The quantitative estimate of drug-likeness (QED) is 0.458. The summed E-state index contributed by atoms with van der Waals surface area (Å²) in [5.41, 5.74) is 6.56. The molecule has 2 aliphatic rings. The van der Waals surface area contributed by atoms with Gasteiger partial charge in [0, 0.05) is 29.9 Å². The molecule has 10 heteroatoms. The third kappa shape index (κ3) is 5.03. The number of nitrogens with two attached hydrogens (primary N) is 1. The molecule has 0 bridgehead atoms. The van der Waals surface area contributed by atoms with Gasteiger partial charge in [0.05, 0.1) is 7.11 Å². The molecule has 2 saturated heterocycles. The molecule has 0 radical (unpaired) electrons. The summed E-state index contributed by atoms with van der Waals surface area (Å²) in [6.45, 7) is 7.19. The summed E-state index contributed by atoms with van der Waals surface area (Å²) in [6, 6.07) is 5.49. The zero-order valence-corrected chi connectivity index (χ0v) is 21.2. The van der Waals surface area contributed by atoms with Crippen LogP contribution in [0, 0.1) is 17.3 Å². The van der Waals surface area contributed by atoms with Gasteiger partial charge in [0.15, 0.2) is 0 Å². The molecular weight excluding hydrogens is 462 g/mol. The van der Waals surface area contributed by atoms with Crippen LogP contribution in [0.2, 0.25) is 0 Å². The number of benzene rings is 1. The summed E-state index contributed by atoms with van der Waals surface area (Å²) >= 11 is 0. The smallest absolute Gasteiger partial charge is 0.270 e. The number of fused-ring (bicyclic) bond motifs is 1. The maximum Gasteiger partial charge on any atom is 0.270 e. The Morgan fingerprint density at radius 3 is 2.64 bits per heavy atom. The Labute approximate surface area is 210 Å². The predicted molar refractivity (Wildman–Crippen MR) is 134 cm³/mol. The lowest BCUT2D eigenvalue weighted by Crippen LogP contribution is -2.53. The maximum absolute atomic E-state index is 13.7. The first-order chi connectivity index (χ1) is 17.0. The van der Waals surface area contributed by atoms with Gasteiger partial charge in [-0.25, -0.2) is 0 Å². The van der Waals surface area contributed by atoms with E-state index in [9.17, 15) is 19.2 Å². The highest BCUT2D eigenvalue weighted by Crippen LogP contribution is 2.38. The first kappa shape index (κ1) is 25.5. The van der Waals surface area contributed by atoms with Crippen LogP contribution in [0.1, 0.15) is 50.5 Å². The van der Waals surface area contributed by atoms with Gasteiger partial charge in [-0.15, -0.1) is 0 Å². The van der Waals surface area contributed by atoms with Crippen LogP contribution in [0.15, 0.2) is 24.3 Å². The van der Waals surface area contributed by atoms with Crippen LogP contribution in [0.3, 0.4) is 0 Å². The summed E-state index contributed by atoms with van der Waals surface area (Å²) < 4.78 is 5.41. The van der Waals surface area contributed by atoms with Gasteiger partial charge in [-0.05, 0) is 48.8 Å². The van der Waals surface area contributed by atoms with Crippen LogP contribution < -0.4 is 21.1 Å². The number of H-pyrrole nitrogens is 1. The number of carbonyl (C=O) groups is 4. The predicted octanol–water partition coefficient (Wildman–Crippen LogP) is 1.55. The Morgan fingerprint density at radius 1 is 1.28 bits per heavy atom. The number of likely N-dealkylation sites (tertiary alicyclic amines) is 1. The van der Waals surface area contributed by atoms with E-state index in [1.54, 1.807) is 18.1 Å². The van der Waals surface area contributed by atoms with E-state index >= 15 is 0 Å². The number of aromatic amines is 1. The van der Waals surface area contributed by atoms with E-state index in [0.29, 0.717) is 37.4 Å². The van der Waals surface area contributed by atoms with Gasteiger partial charge in [-0.1, -0.05) is 26.8 Å². The molecule has 4 amide bonds. The number of amides is 4. The van der Waals surface area contributed by atoms with E-state index in [-0.39, 0.29) is 35.5 Å². The number of methoxy groups -OCH3 is 1. The normalized spacial score (nSPS) is 22.9. The van der Waals surface area contributed by atoms with Crippen molar-refractivity contribution in [3.05, 3.63) is 30.0 Å². The lowest BCUT2D eigenvalue weighted by Gasteiger charge is -2.27. The highest BCUT2D eigenvalue weighted by Gasteiger charge is 2.45. The summed E-state index contributed by atoms with van der Waals surface area (Å²) in [5.74, 6) is -1.25. The summed E-state index contributed by atoms with van der Waals surface area (Å²) in [5, 5.41) is 6.25. The molecule has 1 unspecified atom stereocenters. The number of nitrogens with zero attached hydrogens (tertiary/aromatic N) is 1. The number of ether oxygens (including phenoxy) is 1. The Kier molecular flexibility index (Phi) is 6.97.